The number of nitrogens with zero attached hydrogens (tertiary/aromatic N) is 2. The van der Waals surface area contributed by atoms with Gasteiger partial charge in [0.1, 0.15) is 5.02 Å². The van der Waals surface area contributed by atoms with Crippen LogP contribution in [0.25, 0.3) is 0 Å². The highest BCUT2D eigenvalue weighted by molar-refractivity contribution is 6.32. The third-order valence-electron chi connectivity index (χ3n) is 3.59. The monoisotopic (exact) mass is 284 g/mol. The molecule has 3 N–H and O–H groups in total. The van der Waals surface area contributed by atoms with Crippen molar-refractivity contribution >= 4 is 23.4 Å². The zero-order valence-electron chi connectivity index (χ0n) is 11.2. The van der Waals surface area contributed by atoms with Crippen molar-refractivity contribution < 1.29 is 5.11 Å². The molecule has 1 aromatic heterocycles. The van der Waals surface area contributed by atoms with Crippen molar-refractivity contribution in [3.8, 4) is 0 Å². The van der Waals surface area contributed by atoms with Gasteiger partial charge in [0.25, 0.3) is 0 Å². The second-order valence-electron chi connectivity index (χ2n) is 5.13. The van der Waals surface area contributed by atoms with E-state index in [-0.39, 0.29) is 0 Å². The average Bonchev–Trinajstić information content (AvgIpc) is 2.63. The number of aromatic nitrogens is 2. The minimum Gasteiger partial charge on any atom is -0.388 e. The van der Waals surface area contributed by atoms with E-state index in [4.69, 9.17) is 11.6 Å². The van der Waals surface area contributed by atoms with Gasteiger partial charge in [-0.3, -0.25) is 0 Å². The molecule has 1 aromatic rings. The summed E-state index contributed by atoms with van der Waals surface area (Å²) < 4.78 is 0. The SMILES string of the molecule is CNc1ncc(Cl)c(NCC2(O)CCCCCC2)n1. The van der Waals surface area contributed by atoms with E-state index in [0.717, 1.165) is 25.7 Å². The zero-order chi connectivity index (χ0) is 13.7. The molecule has 0 radical (unpaired) electrons. The van der Waals surface area contributed by atoms with E-state index in [2.05, 4.69) is 20.6 Å². The van der Waals surface area contributed by atoms with Crippen LogP contribution in [0.15, 0.2) is 6.20 Å². The molecule has 0 aliphatic heterocycles. The average molecular weight is 285 g/mol. The van der Waals surface area contributed by atoms with Crippen LogP contribution >= 0.6 is 11.6 Å². The van der Waals surface area contributed by atoms with Crippen LogP contribution in [0.1, 0.15) is 38.5 Å². The van der Waals surface area contributed by atoms with Gasteiger partial charge in [-0.05, 0) is 12.8 Å². The van der Waals surface area contributed by atoms with Crippen LogP contribution in [-0.2, 0) is 0 Å². The fourth-order valence-electron chi connectivity index (χ4n) is 2.42. The van der Waals surface area contributed by atoms with Gasteiger partial charge < -0.3 is 15.7 Å². The van der Waals surface area contributed by atoms with E-state index in [1.165, 1.54) is 12.8 Å². The summed E-state index contributed by atoms with van der Waals surface area (Å²) in [6.07, 6.45) is 7.80. The van der Waals surface area contributed by atoms with Crippen LogP contribution in [0.5, 0.6) is 0 Å². The Labute approximate surface area is 118 Å². The molecule has 0 bridgehead atoms. The number of hydrogen-bond donors (Lipinski definition) is 3. The molecule has 6 heteroatoms. The highest BCUT2D eigenvalue weighted by Gasteiger charge is 2.28. The van der Waals surface area contributed by atoms with Gasteiger partial charge in [0.05, 0.1) is 11.8 Å². The first-order valence-corrected chi connectivity index (χ1v) is 7.17. The lowest BCUT2D eigenvalue weighted by Crippen LogP contribution is -2.36. The summed E-state index contributed by atoms with van der Waals surface area (Å²) in [5.41, 5.74) is -0.648. The number of hydrogen-bond acceptors (Lipinski definition) is 5. The molecule has 0 amide bonds. The first-order chi connectivity index (χ1) is 9.13. The summed E-state index contributed by atoms with van der Waals surface area (Å²) in [6, 6.07) is 0. The van der Waals surface area contributed by atoms with Gasteiger partial charge in [0.2, 0.25) is 5.95 Å². The molecular formula is C13H21ClN4O. The maximum atomic E-state index is 10.6. The molecule has 1 saturated carbocycles. The maximum absolute atomic E-state index is 10.6. The Morgan fingerprint density at radius 1 is 1.32 bits per heavy atom. The lowest BCUT2D eigenvalue weighted by Gasteiger charge is -2.27. The van der Waals surface area contributed by atoms with Crippen molar-refractivity contribution in [2.24, 2.45) is 0 Å². The molecule has 106 valence electrons. The quantitative estimate of drug-likeness (QED) is 0.742. The molecule has 0 aromatic carbocycles. The van der Waals surface area contributed by atoms with Crippen LogP contribution in [0.2, 0.25) is 5.02 Å². The number of nitrogens with one attached hydrogen (secondary N) is 2. The standard InChI is InChI=1S/C13H21ClN4O/c1-15-12-16-8-10(14)11(18-12)17-9-13(19)6-4-2-3-5-7-13/h8,19H,2-7,9H2,1H3,(H2,15,16,17,18). The molecular weight excluding hydrogens is 264 g/mol. The molecule has 0 spiro atoms. The van der Waals surface area contributed by atoms with Gasteiger partial charge in [0, 0.05) is 13.6 Å². The molecule has 1 aliphatic rings. The smallest absolute Gasteiger partial charge is 0.224 e. The lowest BCUT2D eigenvalue weighted by molar-refractivity contribution is 0.0380. The number of rotatable bonds is 4. The molecule has 5 nitrogen and oxygen atoms in total. The summed E-state index contributed by atoms with van der Waals surface area (Å²) in [5, 5.41) is 17.1. The maximum Gasteiger partial charge on any atom is 0.224 e. The highest BCUT2D eigenvalue weighted by Crippen LogP contribution is 2.28. The van der Waals surface area contributed by atoms with Crippen molar-refractivity contribution in [2.75, 3.05) is 24.2 Å². The number of anilines is 2. The third-order valence-corrected chi connectivity index (χ3v) is 3.86. The first-order valence-electron chi connectivity index (χ1n) is 6.79. The van der Waals surface area contributed by atoms with E-state index >= 15 is 0 Å². The normalized spacial score (nSPS) is 18.7. The lowest BCUT2D eigenvalue weighted by atomic mass is 9.94. The largest absolute Gasteiger partial charge is 0.388 e. The molecule has 2 rings (SSSR count). The fourth-order valence-corrected chi connectivity index (χ4v) is 2.58. The van der Waals surface area contributed by atoms with Crippen molar-refractivity contribution in [1.82, 2.24) is 9.97 Å². The van der Waals surface area contributed by atoms with E-state index in [9.17, 15) is 5.11 Å². The topological polar surface area (TPSA) is 70.1 Å². The van der Waals surface area contributed by atoms with Gasteiger partial charge in [-0.15, -0.1) is 0 Å². The molecule has 1 aliphatic carbocycles. The second-order valence-corrected chi connectivity index (χ2v) is 5.54. The van der Waals surface area contributed by atoms with Gasteiger partial charge >= 0.3 is 0 Å². The molecule has 19 heavy (non-hydrogen) atoms. The van der Waals surface area contributed by atoms with Crippen LogP contribution in [0, 0.1) is 0 Å². The van der Waals surface area contributed by atoms with E-state index in [1.54, 1.807) is 13.2 Å². The molecule has 0 saturated heterocycles. The number of halogens is 1. The van der Waals surface area contributed by atoms with Crippen LogP contribution < -0.4 is 10.6 Å². The van der Waals surface area contributed by atoms with Crippen molar-refractivity contribution in [3.05, 3.63) is 11.2 Å². The minimum atomic E-state index is -0.648. The predicted molar refractivity (Wildman–Crippen MR) is 77.7 cm³/mol. The summed E-state index contributed by atoms with van der Waals surface area (Å²) in [4.78, 5) is 8.28. The Balaban J connectivity index is 2.00. The van der Waals surface area contributed by atoms with Crippen LogP contribution in [0.4, 0.5) is 11.8 Å². The Bertz CT molecular complexity index is 419. The molecule has 1 fully saturated rings. The van der Waals surface area contributed by atoms with Crippen molar-refractivity contribution in [2.45, 2.75) is 44.1 Å². The molecule has 1 heterocycles. The Kier molecular flexibility index (Phi) is 4.82. The Morgan fingerprint density at radius 2 is 2.00 bits per heavy atom. The summed E-state index contributed by atoms with van der Waals surface area (Å²) >= 11 is 6.05. The highest BCUT2D eigenvalue weighted by atomic mass is 35.5. The summed E-state index contributed by atoms with van der Waals surface area (Å²) in [7, 11) is 1.76. The van der Waals surface area contributed by atoms with Crippen LogP contribution in [-0.4, -0.2) is 34.3 Å². The van der Waals surface area contributed by atoms with Gasteiger partial charge in [-0.25, -0.2) is 4.98 Å². The minimum absolute atomic E-state index is 0.469. The van der Waals surface area contributed by atoms with Crippen molar-refractivity contribution in [3.63, 3.8) is 0 Å². The summed E-state index contributed by atoms with van der Waals surface area (Å²) in [5.74, 6) is 1.08. The molecule has 0 atom stereocenters. The van der Waals surface area contributed by atoms with Crippen LogP contribution in [0.3, 0.4) is 0 Å². The van der Waals surface area contributed by atoms with E-state index in [0.29, 0.717) is 23.3 Å². The van der Waals surface area contributed by atoms with Gasteiger partial charge in [-0.1, -0.05) is 37.3 Å². The molecule has 0 unspecified atom stereocenters. The van der Waals surface area contributed by atoms with Gasteiger partial charge in [-0.2, -0.15) is 4.98 Å². The predicted octanol–water partition coefficient (Wildman–Crippen LogP) is 2.67. The Hall–Kier alpha value is -1.07. The Morgan fingerprint density at radius 3 is 2.63 bits per heavy atom. The van der Waals surface area contributed by atoms with E-state index < -0.39 is 5.60 Å². The fraction of sp³-hybridized carbons (Fsp3) is 0.692. The van der Waals surface area contributed by atoms with Crippen molar-refractivity contribution in [1.29, 1.82) is 0 Å². The summed E-state index contributed by atoms with van der Waals surface area (Å²) in [6.45, 7) is 0.479. The zero-order valence-corrected chi connectivity index (χ0v) is 12.0. The van der Waals surface area contributed by atoms with Gasteiger partial charge in [0.15, 0.2) is 5.82 Å². The third kappa shape index (κ3) is 3.94. The second kappa shape index (κ2) is 6.39. The first kappa shape index (κ1) is 14.3. The van der Waals surface area contributed by atoms with E-state index in [1.807, 2.05) is 0 Å². The number of aliphatic hydroxyl groups is 1.